The molecular formula is C13H15BrClN5O2. The first-order chi connectivity index (χ1) is 10.1. The summed E-state index contributed by atoms with van der Waals surface area (Å²) in [6.45, 7) is 1.51. The summed E-state index contributed by atoms with van der Waals surface area (Å²) in [5.74, 6) is -0.290. The predicted octanol–water partition coefficient (Wildman–Crippen LogP) is 1.19. The number of aryl methyl sites for hydroxylation is 1. The lowest BCUT2D eigenvalue weighted by molar-refractivity contribution is 0.102. The highest BCUT2D eigenvalue weighted by Crippen LogP contribution is 2.17. The van der Waals surface area contributed by atoms with E-state index in [-0.39, 0.29) is 23.9 Å². The molecule has 3 heterocycles. The van der Waals surface area contributed by atoms with Crippen molar-refractivity contribution in [2.45, 2.75) is 13.0 Å². The van der Waals surface area contributed by atoms with Gasteiger partial charge < -0.3 is 15.2 Å². The smallest absolute Gasteiger partial charge is 0.276 e. The van der Waals surface area contributed by atoms with Gasteiger partial charge in [-0.15, -0.1) is 12.4 Å². The van der Waals surface area contributed by atoms with Crippen molar-refractivity contribution < 1.29 is 4.79 Å². The van der Waals surface area contributed by atoms with E-state index in [2.05, 4.69) is 36.8 Å². The minimum atomic E-state index is -0.290. The van der Waals surface area contributed by atoms with Gasteiger partial charge in [-0.1, -0.05) is 0 Å². The monoisotopic (exact) mass is 387 g/mol. The van der Waals surface area contributed by atoms with Crippen molar-refractivity contribution in [3.05, 3.63) is 44.0 Å². The number of carbonyl (C=O) groups excluding carboxylic acids is 1. The van der Waals surface area contributed by atoms with Crippen molar-refractivity contribution >= 4 is 39.9 Å². The van der Waals surface area contributed by atoms with Gasteiger partial charge in [0, 0.05) is 44.0 Å². The molecule has 3 rings (SSSR count). The number of halogens is 2. The SMILES string of the molecule is Cl.Cn1cc(NC(=O)c2n[nH]c3c2CNCC3)cc(Br)c1=O. The van der Waals surface area contributed by atoms with E-state index in [1.807, 2.05) is 0 Å². The maximum absolute atomic E-state index is 12.3. The van der Waals surface area contributed by atoms with Gasteiger partial charge in [0.2, 0.25) is 0 Å². The number of H-pyrrole nitrogens is 1. The number of nitrogens with zero attached hydrogens (tertiary/aromatic N) is 2. The Hall–Kier alpha value is -1.64. The van der Waals surface area contributed by atoms with Crippen molar-refractivity contribution in [2.24, 2.45) is 7.05 Å². The summed E-state index contributed by atoms with van der Waals surface area (Å²) >= 11 is 3.18. The van der Waals surface area contributed by atoms with Crippen LogP contribution in [0, 0.1) is 0 Å². The number of hydrogen-bond donors (Lipinski definition) is 3. The molecule has 3 N–H and O–H groups in total. The van der Waals surface area contributed by atoms with Gasteiger partial charge in [-0.05, 0) is 22.0 Å². The van der Waals surface area contributed by atoms with Gasteiger partial charge in [-0.25, -0.2) is 0 Å². The molecule has 0 aromatic carbocycles. The Balaban J connectivity index is 0.00000176. The summed E-state index contributed by atoms with van der Waals surface area (Å²) in [5.41, 5.74) is 2.68. The fourth-order valence-electron chi connectivity index (χ4n) is 2.34. The molecule has 2 aromatic rings. The molecule has 1 amide bonds. The number of amides is 1. The van der Waals surface area contributed by atoms with Crippen molar-refractivity contribution in [1.29, 1.82) is 0 Å². The predicted molar refractivity (Wildman–Crippen MR) is 88.6 cm³/mol. The fraction of sp³-hybridized carbons (Fsp3) is 0.308. The number of aromatic amines is 1. The number of carbonyl (C=O) groups is 1. The van der Waals surface area contributed by atoms with Gasteiger partial charge in [-0.3, -0.25) is 14.7 Å². The van der Waals surface area contributed by atoms with Crippen LogP contribution in [0.25, 0.3) is 0 Å². The fourth-order valence-corrected chi connectivity index (χ4v) is 2.87. The number of rotatable bonds is 2. The second-order valence-electron chi connectivity index (χ2n) is 4.90. The summed E-state index contributed by atoms with van der Waals surface area (Å²) in [4.78, 5) is 23.9. The van der Waals surface area contributed by atoms with E-state index < -0.39 is 0 Å². The molecule has 0 radical (unpaired) electrons. The van der Waals surface area contributed by atoms with Crippen LogP contribution in [0.2, 0.25) is 0 Å². The normalized spacial score (nSPS) is 13.2. The number of anilines is 1. The molecule has 0 spiro atoms. The lowest BCUT2D eigenvalue weighted by Crippen LogP contribution is -2.25. The largest absolute Gasteiger partial charge is 0.319 e. The Morgan fingerprint density at radius 1 is 1.50 bits per heavy atom. The highest BCUT2D eigenvalue weighted by molar-refractivity contribution is 9.10. The third kappa shape index (κ3) is 3.08. The van der Waals surface area contributed by atoms with Crippen LogP contribution < -0.4 is 16.2 Å². The van der Waals surface area contributed by atoms with Crippen molar-refractivity contribution in [2.75, 3.05) is 11.9 Å². The van der Waals surface area contributed by atoms with Crippen LogP contribution in [0.5, 0.6) is 0 Å². The van der Waals surface area contributed by atoms with Crippen molar-refractivity contribution in [3.8, 4) is 0 Å². The van der Waals surface area contributed by atoms with Crippen LogP contribution in [0.4, 0.5) is 5.69 Å². The molecule has 0 saturated heterocycles. The van der Waals surface area contributed by atoms with Gasteiger partial charge in [0.05, 0.1) is 10.2 Å². The van der Waals surface area contributed by atoms with E-state index >= 15 is 0 Å². The highest BCUT2D eigenvalue weighted by atomic mass is 79.9. The quantitative estimate of drug-likeness (QED) is 0.721. The molecule has 22 heavy (non-hydrogen) atoms. The Kier molecular flexibility index (Phi) is 5.05. The molecular weight excluding hydrogens is 374 g/mol. The second-order valence-corrected chi connectivity index (χ2v) is 5.76. The summed E-state index contributed by atoms with van der Waals surface area (Å²) in [5, 5.41) is 13.0. The Morgan fingerprint density at radius 2 is 2.27 bits per heavy atom. The van der Waals surface area contributed by atoms with Gasteiger partial charge in [0.1, 0.15) is 0 Å². The molecule has 0 bridgehead atoms. The maximum Gasteiger partial charge on any atom is 0.276 e. The van der Waals surface area contributed by atoms with E-state index in [4.69, 9.17) is 0 Å². The highest BCUT2D eigenvalue weighted by Gasteiger charge is 2.21. The molecule has 1 aliphatic rings. The van der Waals surface area contributed by atoms with Crippen LogP contribution in [0.1, 0.15) is 21.7 Å². The van der Waals surface area contributed by atoms with Crippen molar-refractivity contribution in [1.82, 2.24) is 20.1 Å². The van der Waals surface area contributed by atoms with Gasteiger partial charge >= 0.3 is 0 Å². The average molecular weight is 389 g/mol. The van der Waals surface area contributed by atoms with Crippen LogP contribution in [-0.2, 0) is 20.0 Å². The van der Waals surface area contributed by atoms with E-state index in [1.165, 1.54) is 4.57 Å². The van der Waals surface area contributed by atoms with Crippen LogP contribution in [-0.4, -0.2) is 27.2 Å². The van der Waals surface area contributed by atoms with Crippen LogP contribution in [0.15, 0.2) is 21.5 Å². The first-order valence-corrected chi connectivity index (χ1v) is 7.30. The lowest BCUT2D eigenvalue weighted by atomic mass is 10.1. The molecule has 9 heteroatoms. The maximum atomic E-state index is 12.3. The third-order valence-electron chi connectivity index (χ3n) is 3.42. The molecule has 0 fully saturated rings. The van der Waals surface area contributed by atoms with Gasteiger partial charge in [-0.2, -0.15) is 5.10 Å². The number of pyridine rings is 1. The first-order valence-electron chi connectivity index (χ1n) is 6.50. The summed E-state index contributed by atoms with van der Waals surface area (Å²) in [7, 11) is 1.63. The zero-order chi connectivity index (χ0) is 15.0. The number of fused-ring (bicyclic) bond motifs is 1. The van der Waals surface area contributed by atoms with Crippen molar-refractivity contribution in [3.63, 3.8) is 0 Å². The number of hydrogen-bond acceptors (Lipinski definition) is 4. The van der Waals surface area contributed by atoms with E-state index in [0.29, 0.717) is 22.4 Å². The minimum Gasteiger partial charge on any atom is -0.319 e. The summed E-state index contributed by atoms with van der Waals surface area (Å²) < 4.78 is 1.80. The van der Waals surface area contributed by atoms with E-state index in [9.17, 15) is 9.59 Å². The molecule has 2 aromatic heterocycles. The molecule has 1 aliphatic heterocycles. The van der Waals surface area contributed by atoms with Gasteiger partial charge in [0.25, 0.3) is 11.5 Å². The third-order valence-corrected chi connectivity index (χ3v) is 3.99. The lowest BCUT2D eigenvalue weighted by Gasteiger charge is -2.13. The minimum absolute atomic E-state index is 0. The van der Waals surface area contributed by atoms with E-state index in [1.54, 1.807) is 19.3 Å². The zero-order valence-electron chi connectivity index (χ0n) is 11.8. The van der Waals surface area contributed by atoms with Crippen LogP contribution in [0.3, 0.4) is 0 Å². The second kappa shape index (κ2) is 6.64. The number of aromatic nitrogens is 3. The standard InChI is InChI=1S/C13H14BrN5O2.ClH/c1-19-6-7(4-9(14)13(19)21)16-12(20)11-8-5-15-3-2-10(8)17-18-11;/h4,6,15H,2-3,5H2,1H3,(H,16,20)(H,17,18);1H. The molecule has 0 unspecified atom stereocenters. The molecule has 118 valence electrons. The summed E-state index contributed by atoms with van der Waals surface area (Å²) in [6, 6.07) is 1.58. The molecule has 0 saturated carbocycles. The average Bonchev–Trinajstić information content (AvgIpc) is 2.88. The topological polar surface area (TPSA) is 91.8 Å². The zero-order valence-corrected chi connectivity index (χ0v) is 14.2. The molecule has 0 atom stereocenters. The van der Waals surface area contributed by atoms with Gasteiger partial charge in [0.15, 0.2) is 5.69 Å². The Labute approximate surface area is 141 Å². The Morgan fingerprint density at radius 3 is 3.00 bits per heavy atom. The first kappa shape index (κ1) is 16.7. The van der Waals surface area contributed by atoms with Crippen LogP contribution >= 0.6 is 28.3 Å². The number of nitrogens with one attached hydrogen (secondary N) is 3. The van der Waals surface area contributed by atoms with E-state index in [0.717, 1.165) is 24.2 Å². The molecule has 7 nitrogen and oxygen atoms in total. The Bertz CT molecular complexity index is 744. The molecule has 0 aliphatic carbocycles. The summed E-state index contributed by atoms with van der Waals surface area (Å²) in [6.07, 6.45) is 2.41.